The van der Waals surface area contributed by atoms with E-state index in [2.05, 4.69) is 46.8 Å². The molecule has 0 heterocycles. The lowest BCUT2D eigenvalue weighted by molar-refractivity contribution is 0.0813. The van der Waals surface area contributed by atoms with Crippen molar-refractivity contribution in [3.05, 3.63) is 29.8 Å². The Hall–Kier alpha value is -1.02. The number of ether oxygens (including phenoxy) is 2. The van der Waals surface area contributed by atoms with Gasteiger partial charge in [-0.25, -0.2) is 0 Å². The Morgan fingerprint density at radius 3 is 2.33 bits per heavy atom. The van der Waals surface area contributed by atoms with Gasteiger partial charge in [-0.1, -0.05) is 52.8 Å². The van der Waals surface area contributed by atoms with Crippen molar-refractivity contribution in [3.63, 3.8) is 0 Å². The average Bonchev–Trinajstić information content (AvgIpc) is 2.27. The smallest absolute Gasteiger partial charge is 0.123 e. The number of rotatable bonds is 6. The van der Waals surface area contributed by atoms with Gasteiger partial charge in [0.1, 0.15) is 12.4 Å². The summed E-state index contributed by atoms with van der Waals surface area (Å²) in [6, 6.07) is 8.23. The molecule has 0 aliphatic heterocycles. The molecule has 0 saturated heterocycles. The molecule has 0 spiro atoms. The van der Waals surface area contributed by atoms with E-state index in [4.69, 9.17) is 9.47 Å². The fourth-order valence-corrected chi connectivity index (χ4v) is 1.74. The SMILES string of the molecule is CC(C)COCCOc1ccccc1C(C)(C)C. The minimum Gasteiger partial charge on any atom is -0.491 e. The van der Waals surface area contributed by atoms with Crippen LogP contribution in [-0.2, 0) is 10.2 Å². The van der Waals surface area contributed by atoms with Gasteiger partial charge in [-0.05, 0) is 23.0 Å². The van der Waals surface area contributed by atoms with E-state index in [1.165, 1.54) is 5.56 Å². The van der Waals surface area contributed by atoms with E-state index in [1.54, 1.807) is 0 Å². The summed E-state index contributed by atoms with van der Waals surface area (Å²) in [5, 5.41) is 0. The molecule has 0 saturated carbocycles. The van der Waals surface area contributed by atoms with E-state index in [9.17, 15) is 0 Å². The van der Waals surface area contributed by atoms with E-state index < -0.39 is 0 Å². The van der Waals surface area contributed by atoms with Crippen LogP contribution in [0.15, 0.2) is 24.3 Å². The van der Waals surface area contributed by atoms with E-state index in [0.717, 1.165) is 12.4 Å². The van der Waals surface area contributed by atoms with Crippen LogP contribution in [0.4, 0.5) is 0 Å². The van der Waals surface area contributed by atoms with Crippen molar-refractivity contribution >= 4 is 0 Å². The monoisotopic (exact) mass is 250 g/mol. The Morgan fingerprint density at radius 1 is 1.06 bits per heavy atom. The maximum Gasteiger partial charge on any atom is 0.123 e. The summed E-state index contributed by atoms with van der Waals surface area (Å²) >= 11 is 0. The Kier molecular flexibility index (Phi) is 5.67. The van der Waals surface area contributed by atoms with Crippen LogP contribution in [0.25, 0.3) is 0 Å². The summed E-state index contributed by atoms with van der Waals surface area (Å²) in [6.07, 6.45) is 0. The molecule has 102 valence electrons. The van der Waals surface area contributed by atoms with Crippen molar-refractivity contribution in [2.75, 3.05) is 19.8 Å². The molecule has 1 aromatic carbocycles. The lowest BCUT2D eigenvalue weighted by Gasteiger charge is -2.22. The van der Waals surface area contributed by atoms with Crippen molar-refractivity contribution in [3.8, 4) is 5.75 Å². The van der Waals surface area contributed by atoms with E-state index in [-0.39, 0.29) is 5.41 Å². The molecule has 2 heteroatoms. The number of hydrogen-bond acceptors (Lipinski definition) is 2. The highest BCUT2D eigenvalue weighted by atomic mass is 16.5. The zero-order valence-corrected chi connectivity index (χ0v) is 12.3. The van der Waals surface area contributed by atoms with Gasteiger partial charge in [0.05, 0.1) is 6.61 Å². The Labute approximate surface area is 111 Å². The first-order valence-corrected chi connectivity index (χ1v) is 6.71. The van der Waals surface area contributed by atoms with Crippen molar-refractivity contribution in [2.45, 2.75) is 40.0 Å². The van der Waals surface area contributed by atoms with Gasteiger partial charge in [-0.2, -0.15) is 0 Å². The van der Waals surface area contributed by atoms with Crippen LogP contribution in [0.1, 0.15) is 40.2 Å². The maximum atomic E-state index is 5.82. The Morgan fingerprint density at radius 2 is 1.72 bits per heavy atom. The standard InChI is InChI=1S/C16H26O2/c1-13(2)12-17-10-11-18-15-9-7-6-8-14(15)16(3,4)5/h6-9,13H,10-12H2,1-5H3. The minimum absolute atomic E-state index is 0.107. The van der Waals surface area contributed by atoms with Crippen LogP contribution >= 0.6 is 0 Å². The molecule has 0 aliphatic rings. The first-order valence-electron chi connectivity index (χ1n) is 6.71. The molecule has 18 heavy (non-hydrogen) atoms. The van der Waals surface area contributed by atoms with Gasteiger partial charge in [-0.3, -0.25) is 0 Å². The van der Waals surface area contributed by atoms with Gasteiger partial charge in [0.2, 0.25) is 0 Å². The van der Waals surface area contributed by atoms with E-state index >= 15 is 0 Å². The average molecular weight is 250 g/mol. The van der Waals surface area contributed by atoms with Crippen molar-refractivity contribution in [1.82, 2.24) is 0 Å². The molecule has 0 unspecified atom stereocenters. The van der Waals surface area contributed by atoms with Crippen LogP contribution in [0, 0.1) is 5.92 Å². The predicted molar refractivity (Wildman–Crippen MR) is 76.3 cm³/mol. The molecule has 0 radical (unpaired) electrons. The molecule has 1 rings (SSSR count). The van der Waals surface area contributed by atoms with Crippen molar-refractivity contribution in [1.29, 1.82) is 0 Å². The molecule has 0 aromatic heterocycles. The molecular weight excluding hydrogens is 224 g/mol. The maximum absolute atomic E-state index is 5.82. The molecule has 1 aromatic rings. The third-order valence-corrected chi connectivity index (χ3v) is 2.63. The first kappa shape index (κ1) is 15.0. The number of benzene rings is 1. The molecular formula is C16H26O2. The molecule has 0 amide bonds. The Balaban J connectivity index is 2.47. The summed E-state index contributed by atoms with van der Waals surface area (Å²) in [6.45, 7) is 13.0. The molecule has 0 aliphatic carbocycles. The zero-order chi connectivity index (χ0) is 13.6. The second kappa shape index (κ2) is 6.79. The third kappa shape index (κ3) is 5.09. The van der Waals surface area contributed by atoms with Gasteiger partial charge in [0.15, 0.2) is 0 Å². The highest BCUT2D eigenvalue weighted by Crippen LogP contribution is 2.30. The number of hydrogen-bond donors (Lipinski definition) is 0. The summed E-state index contributed by atoms with van der Waals surface area (Å²) in [5.74, 6) is 1.55. The largest absolute Gasteiger partial charge is 0.491 e. The van der Waals surface area contributed by atoms with Gasteiger partial charge in [0, 0.05) is 6.61 Å². The lowest BCUT2D eigenvalue weighted by Crippen LogP contribution is -2.15. The molecule has 0 atom stereocenters. The summed E-state index contributed by atoms with van der Waals surface area (Å²) < 4.78 is 11.3. The quantitative estimate of drug-likeness (QED) is 0.709. The van der Waals surface area contributed by atoms with Gasteiger partial charge in [0.25, 0.3) is 0 Å². The molecule has 0 fully saturated rings. The molecule has 0 bridgehead atoms. The van der Waals surface area contributed by atoms with Crippen molar-refractivity contribution < 1.29 is 9.47 Å². The highest BCUT2D eigenvalue weighted by Gasteiger charge is 2.18. The normalized spacial score (nSPS) is 11.9. The summed E-state index contributed by atoms with van der Waals surface area (Å²) in [7, 11) is 0. The van der Waals surface area contributed by atoms with Gasteiger partial charge < -0.3 is 9.47 Å². The third-order valence-electron chi connectivity index (χ3n) is 2.63. The molecule has 2 nitrogen and oxygen atoms in total. The fourth-order valence-electron chi connectivity index (χ4n) is 1.74. The van der Waals surface area contributed by atoms with Crippen molar-refractivity contribution in [2.24, 2.45) is 5.92 Å². The predicted octanol–water partition coefficient (Wildman–Crippen LogP) is 4.04. The van der Waals surface area contributed by atoms with Crippen LogP contribution in [0.5, 0.6) is 5.75 Å². The Bertz CT molecular complexity index is 350. The van der Waals surface area contributed by atoms with E-state index in [1.807, 2.05) is 12.1 Å². The first-order chi connectivity index (χ1) is 8.41. The minimum atomic E-state index is 0.107. The summed E-state index contributed by atoms with van der Waals surface area (Å²) in [4.78, 5) is 0. The topological polar surface area (TPSA) is 18.5 Å². The van der Waals surface area contributed by atoms with Crippen LogP contribution in [0.2, 0.25) is 0 Å². The lowest BCUT2D eigenvalue weighted by atomic mass is 9.86. The van der Waals surface area contributed by atoms with Gasteiger partial charge >= 0.3 is 0 Å². The van der Waals surface area contributed by atoms with Crippen LogP contribution < -0.4 is 4.74 Å². The molecule has 0 N–H and O–H groups in total. The van der Waals surface area contributed by atoms with Crippen LogP contribution in [0.3, 0.4) is 0 Å². The van der Waals surface area contributed by atoms with Crippen LogP contribution in [-0.4, -0.2) is 19.8 Å². The van der Waals surface area contributed by atoms with Gasteiger partial charge in [-0.15, -0.1) is 0 Å². The second-order valence-electron chi connectivity index (χ2n) is 6.06. The fraction of sp³-hybridized carbons (Fsp3) is 0.625. The number of para-hydroxylation sites is 1. The van der Waals surface area contributed by atoms with E-state index in [0.29, 0.717) is 19.1 Å². The zero-order valence-electron chi connectivity index (χ0n) is 12.3. The summed E-state index contributed by atoms with van der Waals surface area (Å²) in [5.41, 5.74) is 1.35. The highest BCUT2D eigenvalue weighted by molar-refractivity contribution is 5.38. The second-order valence-corrected chi connectivity index (χ2v) is 6.06.